The van der Waals surface area contributed by atoms with Crippen LogP contribution in [0.5, 0.6) is 0 Å². The number of nitrogens with zero attached hydrogens (tertiary/aromatic N) is 4. The Hall–Kier alpha value is -3.20. The molecule has 9 heteroatoms. The number of hydrogen-bond donors (Lipinski definition) is 1. The van der Waals surface area contributed by atoms with Gasteiger partial charge < -0.3 is 14.6 Å². The number of benzene rings is 1. The number of carbonyl (C=O) groups is 1. The number of hydrogen-bond acceptors (Lipinski definition) is 6. The highest BCUT2D eigenvalue weighted by molar-refractivity contribution is 7.20. The molecule has 0 atom stereocenters. The largest absolute Gasteiger partial charge is 0.467 e. The normalized spacial score (nSPS) is 15.0. The van der Waals surface area contributed by atoms with E-state index in [9.17, 15) is 9.18 Å². The maximum atomic E-state index is 13.1. The van der Waals surface area contributed by atoms with Crippen LogP contribution in [0.4, 0.5) is 9.52 Å². The first-order chi connectivity index (χ1) is 14.7. The van der Waals surface area contributed by atoms with Crippen molar-refractivity contribution in [2.45, 2.75) is 19.4 Å². The molecule has 0 aliphatic carbocycles. The average molecular weight is 425 g/mol. The highest BCUT2D eigenvalue weighted by Crippen LogP contribution is 2.29. The van der Waals surface area contributed by atoms with E-state index in [4.69, 9.17) is 4.42 Å². The fourth-order valence-corrected chi connectivity index (χ4v) is 4.58. The molecule has 0 bridgehead atoms. The fraction of sp³-hybridized carbons (Fsp3) is 0.286. The zero-order valence-corrected chi connectivity index (χ0v) is 16.9. The minimum Gasteiger partial charge on any atom is -0.467 e. The van der Waals surface area contributed by atoms with Gasteiger partial charge in [0, 0.05) is 24.6 Å². The molecule has 1 amide bonds. The fourth-order valence-electron chi connectivity index (χ4n) is 3.64. The van der Waals surface area contributed by atoms with Crippen LogP contribution in [0.15, 0.2) is 53.3 Å². The molecule has 1 N–H and O–H groups in total. The summed E-state index contributed by atoms with van der Waals surface area (Å²) in [6.45, 7) is 1.98. The predicted octanol–water partition coefficient (Wildman–Crippen LogP) is 3.72. The third kappa shape index (κ3) is 3.80. The molecule has 1 aliphatic heterocycles. The van der Waals surface area contributed by atoms with Crippen molar-refractivity contribution in [2.75, 3.05) is 18.0 Å². The van der Waals surface area contributed by atoms with E-state index in [-0.39, 0.29) is 17.6 Å². The van der Waals surface area contributed by atoms with Crippen LogP contribution < -0.4 is 10.2 Å². The Balaban J connectivity index is 1.20. The van der Waals surface area contributed by atoms with Crippen molar-refractivity contribution in [1.29, 1.82) is 0 Å². The molecule has 30 heavy (non-hydrogen) atoms. The van der Waals surface area contributed by atoms with Gasteiger partial charge in [0.15, 0.2) is 0 Å². The number of rotatable bonds is 5. The van der Waals surface area contributed by atoms with Crippen molar-refractivity contribution < 1.29 is 13.6 Å². The molecule has 0 spiro atoms. The SMILES string of the molecule is O=C(NCc1ccco1)C1CCN(c2nn3cc(-c4ccc(F)cc4)nc3s2)CC1. The summed E-state index contributed by atoms with van der Waals surface area (Å²) in [6.07, 6.45) is 5.03. The molecule has 1 saturated heterocycles. The summed E-state index contributed by atoms with van der Waals surface area (Å²) in [4.78, 5) is 20.0. The van der Waals surface area contributed by atoms with Gasteiger partial charge in [0.25, 0.3) is 0 Å². The van der Waals surface area contributed by atoms with Gasteiger partial charge >= 0.3 is 0 Å². The van der Waals surface area contributed by atoms with Gasteiger partial charge in [-0.1, -0.05) is 11.3 Å². The minimum atomic E-state index is -0.266. The lowest BCUT2D eigenvalue weighted by Gasteiger charge is -2.30. The molecular weight excluding hydrogens is 405 g/mol. The number of anilines is 1. The van der Waals surface area contributed by atoms with Crippen molar-refractivity contribution in [3.05, 3.63) is 60.4 Å². The monoisotopic (exact) mass is 425 g/mol. The Labute approximate surface area is 176 Å². The lowest BCUT2D eigenvalue weighted by Crippen LogP contribution is -2.40. The van der Waals surface area contributed by atoms with Gasteiger partial charge in [0.1, 0.15) is 11.6 Å². The molecular formula is C21H20FN5O2S. The first-order valence-electron chi connectivity index (χ1n) is 9.83. The van der Waals surface area contributed by atoms with Crippen molar-refractivity contribution in [3.63, 3.8) is 0 Å². The van der Waals surface area contributed by atoms with Gasteiger partial charge in [0.05, 0.1) is 24.7 Å². The summed E-state index contributed by atoms with van der Waals surface area (Å²) in [6, 6.07) is 9.94. The van der Waals surface area contributed by atoms with E-state index in [1.807, 2.05) is 18.3 Å². The van der Waals surface area contributed by atoms with Crippen LogP contribution in [0.2, 0.25) is 0 Å². The third-order valence-corrected chi connectivity index (χ3v) is 6.31. The molecule has 4 aromatic rings. The number of imidazole rings is 1. The number of aromatic nitrogens is 3. The topological polar surface area (TPSA) is 75.7 Å². The summed E-state index contributed by atoms with van der Waals surface area (Å²) >= 11 is 1.52. The van der Waals surface area contributed by atoms with E-state index >= 15 is 0 Å². The number of piperidine rings is 1. The van der Waals surface area contributed by atoms with Gasteiger partial charge in [-0.15, -0.1) is 5.10 Å². The first-order valence-corrected chi connectivity index (χ1v) is 10.6. The highest BCUT2D eigenvalue weighted by Gasteiger charge is 2.27. The van der Waals surface area contributed by atoms with Crippen LogP contribution in [0.1, 0.15) is 18.6 Å². The van der Waals surface area contributed by atoms with Crippen LogP contribution in [-0.4, -0.2) is 33.6 Å². The lowest BCUT2D eigenvalue weighted by molar-refractivity contribution is -0.125. The Morgan fingerprint density at radius 2 is 2.03 bits per heavy atom. The Bertz CT molecular complexity index is 1110. The van der Waals surface area contributed by atoms with Gasteiger partial charge in [-0.25, -0.2) is 13.9 Å². The second-order valence-corrected chi connectivity index (χ2v) is 8.24. The molecule has 0 radical (unpaired) electrons. The number of carbonyl (C=O) groups excluding carboxylic acids is 1. The molecule has 154 valence electrons. The Morgan fingerprint density at radius 1 is 1.23 bits per heavy atom. The van der Waals surface area contributed by atoms with E-state index in [1.54, 1.807) is 22.9 Å². The van der Waals surface area contributed by atoms with Crippen LogP contribution in [0.25, 0.3) is 16.2 Å². The summed E-state index contributed by atoms with van der Waals surface area (Å²) in [7, 11) is 0. The summed E-state index contributed by atoms with van der Waals surface area (Å²) in [5, 5.41) is 8.50. The summed E-state index contributed by atoms with van der Waals surface area (Å²) < 4.78 is 20.1. The molecule has 1 fully saturated rings. The molecule has 5 rings (SSSR count). The summed E-state index contributed by atoms with van der Waals surface area (Å²) in [5.74, 6) is 0.569. The van der Waals surface area contributed by atoms with E-state index in [0.29, 0.717) is 6.54 Å². The highest BCUT2D eigenvalue weighted by atomic mass is 32.1. The maximum Gasteiger partial charge on any atom is 0.223 e. The van der Waals surface area contributed by atoms with Gasteiger partial charge in [-0.3, -0.25) is 4.79 Å². The first kappa shape index (κ1) is 18.8. The maximum absolute atomic E-state index is 13.1. The number of fused-ring (bicyclic) bond motifs is 1. The molecule has 0 saturated carbocycles. The van der Waals surface area contributed by atoms with Crippen LogP contribution >= 0.6 is 11.3 Å². The number of furan rings is 1. The second-order valence-electron chi connectivity index (χ2n) is 7.30. The van der Waals surface area contributed by atoms with E-state index in [0.717, 1.165) is 53.0 Å². The van der Waals surface area contributed by atoms with Gasteiger partial charge in [0.2, 0.25) is 16.0 Å². The zero-order valence-electron chi connectivity index (χ0n) is 16.1. The lowest BCUT2D eigenvalue weighted by atomic mass is 9.96. The predicted molar refractivity (Wildman–Crippen MR) is 112 cm³/mol. The van der Waals surface area contributed by atoms with Crippen LogP contribution in [0.3, 0.4) is 0 Å². The van der Waals surface area contributed by atoms with E-state index in [1.165, 1.54) is 23.5 Å². The van der Waals surface area contributed by atoms with Gasteiger partial charge in [-0.05, 0) is 49.2 Å². The molecule has 0 unspecified atom stereocenters. The molecule has 4 heterocycles. The van der Waals surface area contributed by atoms with Crippen molar-refractivity contribution >= 4 is 27.3 Å². The van der Waals surface area contributed by atoms with Crippen molar-refractivity contribution in [1.82, 2.24) is 19.9 Å². The average Bonchev–Trinajstić information content (AvgIpc) is 3.49. The number of amides is 1. The van der Waals surface area contributed by atoms with Crippen molar-refractivity contribution in [2.24, 2.45) is 5.92 Å². The third-order valence-electron chi connectivity index (χ3n) is 5.33. The minimum absolute atomic E-state index is 0.00494. The smallest absolute Gasteiger partial charge is 0.223 e. The van der Waals surface area contributed by atoms with Gasteiger partial charge in [-0.2, -0.15) is 0 Å². The van der Waals surface area contributed by atoms with Crippen LogP contribution in [0, 0.1) is 11.7 Å². The zero-order chi connectivity index (χ0) is 20.5. The molecule has 1 aromatic carbocycles. The number of halogens is 1. The Morgan fingerprint density at radius 3 is 2.73 bits per heavy atom. The van der Waals surface area contributed by atoms with Crippen molar-refractivity contribution in [3.8, 4) is 11.3 Å². The number of nitrogens with one attached hydrogen (secondary N) is 1. The van der Waals surface area contributed by atoms with Crippen LogP contribution in [-0.2, 0) is 11.3 Å². The molecule has 7 nitrogen and oxygen atoms in total. The second kappa shape index (κ2) is 7.91. The van der Waals surface area contributed by atoms with E-state index in [2.05, 4.69) is 20.3 Å². The Kier molecular flexibility index (Phi) is 4.96. The summed E-state index contributed by atoms with van der Waals surface area (Å²) in [5.41, 5.74) is 1.63. The molecule has 1 aliphatic rings. The quantitative estimate of drug-likeness (QED) is 0.527. The standard InChI is InChI=1S/C21H20FN5O2S/c22-16-5-3-14(4-6-16)18-13-27-20(24-18)30-21(25-27)26-9-7-15(8-10-26)19(28)23-12-17-2-1-11-29-17/h1-6,11,13,15H,7-10,12H2,(H,23,28). The van der Waals surface area contributed by atoms with E-state index < -0.39 is 0 Å². The molecule has 3 aromatic heterocycles.